The molecule has 2 aromatic rings. The lowest BCUT2D eigenvalue weighted by Gasteiger charge is -2.07. The van der Waals surface area contributed by atoms with Crippen LogP contribution in [-0.4, -0.2) is 33.8 Å². The number of amides is 3. The number of thiophene rings is 1. The molecule has 0 saturated heterocycles. The molecule has 1 saturated carbocycles. The number of nitrogens with zero attached hydrogens (tertiary/aromatic N) is 2. The second kappa shape index (κ2) is 7.65. The van der Waals surface area contributed by atoms with Crippen molar-refractivity contribution >= 4 is 35.0 Å². The predicted molar refractivity (Wildman–Crippen MR) is 90.8 cm³/mol. The fraction of sp³-hybridized carbons (Fsp3) is 0.400. The molecule has 0 bridgehead atoms. The Bertz CT molecular complexity index is 665. The third kappa shape index (κ3) is 4.84. The van der Waals surface area contributed by atoms with E-state index in [2.05, 4.69) is 20.2 Å². The monoisotopic (exact) mass is 350 g/mol. The molecule has 2 heterocycles. The third-order valence-electron chi connectivity index (χ3n) is 3.40. The Morgan fingerprint density at radius 3 is 3.04 bits per heavy atom. The molecule has 3 amide bonds. The number of carbonyl (C=O) groups excluding carboxylic acids is 2. The van der Waals surface area contributed by atoms with Crippen LogP contribution in [0.3, 0.4) is 0 Å². The Morgan fingerprint density at radius 2 is 2.30 bits per heavy atom. The summed E-state index contributed by atoms with van der Waals surface area (Å²) in [5.41, 5.74) is 0. The number of nitrogens with one attached hydrogen (secondary N) is 2. The van der Waals surface area contributed by atoms with Gasteiger partial charge in [0.05, 0.1) is 5.75 Å². The Labute approximate surface area is 142 Å². The van der Waals surface area contributed by atoms with Gasteiger partial charge in [-0.3, -0.25) is 10.1 Å². The number of hydrogen-bond acceptors (Lipinski definition) is 5. The van der Waals surface area contributed by atoms with Crippen LogP contribution in [0, 0.1) is 0 Å². The van der Waals surface area contributed by atoms with Crippen molar-refractivity contribution < 1.29 is 9.59 Å². The molecular weight excluding hydrogens is 332 g/mol. The molecule has 1 aliphatic rings. The zero-order chi connectivity index (χ0) is 16.1. The highest BCUT2D eigenvalue weighted by molar-refractivity contribution is 7.99. The second-order valence-corrected chi connectivity index (χ2v) is 7.25. The molecule has 1 fully saturated rings. The first-order chi connectivity index (χ1) is 11.2. The first-order valence-electron chi connectivity index (χ1n) is 7.48. The molecule has 2 aromatic heterocycles. The fourth-order valence-electron chi connectivity index (χ4n) is 2.13. The van der Waals surface area contributed by atoms with Gasteiger partial charge < -0.3 is 9.88 Å². The van der Waals surface area contributed by atoms with E-state index in [1.165, 1.54) is 29.5 Å². The topological polar surface area (TPSA) is 76.0 Å². The van der Waals surface area contributed by atoms with Gasteiger partial charge in [0.25, 0.3) is 0 Å². The van der Waals surface area contributed by atoms with Crippen molar-refractivity contribution in [1.29, 1.82) is 0 Å². The van der Waals surface area contributed by atoms with Gasteiger partial charge in [-0.1, -0.05) is 17.8 Å². The van der Waals surface area contributed by atoms with Gasteiger partial charge in [-0.25, -0.2) is 9.78 Å². The van der Waals surface area contributed by atoms with Gasteiger partial charge in [0.2, 0.25) is 5.91 Å². The quantitative estimate of drug-likeness (QED) is 0.752. The zero-order valence-electron chi connectivity index (χ0n) is 12.5. The SMILES string of the molecule is O=C(CSc1nccn1C1CC1)NC(=O)NCCc1cccs1. The number of urea groups is 1. The number of carbonyl (C=O) groups is 2. The maximum atomic E-state index is 11.8. The summed E-state index contributed by atoms with van der Waals surface area (Å²) in [5, 5.41) is 7.87. The van der Waals surface area contributed by atoms with Gasteiger partial charge in [0.15, 0.2) is 5.16 Å². The Hall–Kier alpha value is -1.80. The number of thioether (sulfide) groups is 1. The zero-order valence-corrected chi connectivity index (χ0v) is 14.2. The van der Waals surface area contributed by atoms with Crippen LogP contribution in [0.15, 0.2) is 35.1 Å². The van der Waals surface area contributed by atoms with Gasteiger partial charge in [0.1, 0.15) is 0 Å². The van der Waals surface area contributed by atoms with Crippen LogP contribution in [0.1, 0.15) is 23.8 Å². The molecule has 0 aliphatic heterocycles. The normalized spacial score (nSPS) is 13.7. The summed E-state index contributed by atoms with van der Waals surface area (Å²) in [6.45, 7) is 0.513. The summed E-state index contributed by atoms with van der Waals surface area (Å²) in [6.07, 6.45) is 6.80. The summed E-state index contributed by atoms with van der Waals surface area (Å²) >= 11 is 3.01. The molecule has 0 radical (unpaired) electrons. The highest BCUT2D eigenvalue weighted by atomic mass is 32.2. The van der Waals surface area contributed by atoms with E-state index in [4.69, 9.17) is 0 Å². The van der Waals surface area contributed by atoms with Crippen molar-refractivity contribution in [2.75, 3.05) is 12.3 Å². The largest absolute Gasteiger partial charge is 0.337 e. The van der Waals surface area contributed by atoms with Gasteiger partial charge in [0, 0.05) is 29.9 Å². The molecule has 23 heavy (non-hydrogen) atoms. The molecule has 0 spiro atoms. The van der Waals surface area contributed by atoms with Crippen LogP contribution in [0.4, 0.5) is 4.79 Å². The number of hydrogen-bond donors (Lipinski definition) is 2. The third-order valence-corrected chi connectivity index (χ3v) is 5.31. The smallest absolute Gasteiger partial charge is 0.321 e. The van der Waals surface area contributed by atoms with Gasteiger partial charge in [-0.05, 0) is 30.7 Å². The van der Waals surface area contributed by atoms with Crippen molar-refractivity contribution in [2.45, 2.75) is 30.5 Å². The fourth-order valence-corrected chi connectivity index (χ4v) is 3.67. The maximum absolute atomic E-state index is 11.8. The van der Waals surface area contributed by atoms with E-state index in [0.29, 0.717) is 12.6 Å². The number of imide groups is 1. The molecule has 8 heteroatoms. The second-order valence-electron chi connectivity index (χ2n) is 5.27. The van der Waals surface area contributed by atoms with Crippen LogP contribution in [0.5, 0.6) is 0 Å². The minimum absolute atomic E-state index is 0.183. The number of imidazole rings is 1. The summed E-state index contributed by atoms with van der Waals surface area (Å²) in [7, 11) is 0. The lowest BCUT2D eigenvalue weighted by molar-refractivity contribution is -0.117. The molecule has 122 valence electrons. The summed E-state index contributed by atoms with van der Waals surface area (Å²) in [6, 6.07) is 4.08. The highest BCUT2D eigenvalue weighted by Crippen LogP contribution is 2.37. The number of rotatable bonds is 7. The van der Waals surface area contributed by atoms with Crippen molar-refractivity contribution in [3.63, 3.8) is 0 Å². The molecule has 0 aromatic carbocycles. The van der Waals surface area contributed by atoms with Crippen molar-refractivity contribution in [2.24, 2.45) is 0 Å². The van der Waals surface area contributed by atoms with Gasteiger partial charge >= 0.3 is 6.03 Å². The van der Waals surface area contributed by atoms with E-state index in [9.17, 15) is 9.59 Å². The van der Waals surface area contributed by atoms with Crippen LogP contribution in [0.25, 0.3) is 0 Å². The first kappa shape index (κ1) is 16.1. The van der Waals surface area contributed by atoms with E-state index in [0.717, 1.165) is 11.6 Å². The average Bonchev–Trinajstić information content (AvgIpc) is 3.05. The summed E-state index contributed by atoms with van der Waals surface area (Å²) < 4.78 is 2.10. The van der Waals surface area contributed by atoms with Gasteiger partial charge in [-0.15, -0.1) is 11.3 Å². The maximum Gasteiger partial charge on any atom is 0.321 e. The Morgan fingerprint density at radius 1 is 1.43 bits per heavy atom. The number of aromatic nitrogens is 2. The van der Waals surface area contributed by atoms with Crippen molar-refractivity contribution in [1.82, 2.24) is 20.2 Å². The van der Waals surface area contributed by atoms with Gasteiger partial charge in [-0.2, -0.15) is 0 Å². The molecular formula is C15H18N4O2S2. The average molecular weight is 350 g/mol. The van der Waals surface area contributed by atoms with Crippen LogP contribution in [0.2, 0.25) is 0 Å². The Kier molecular flexibility index (Phi) is 5.35. The molecule has 2 N–H and O–H groups in total. The van der Waals surface area contributed by atoms with Crippen LogP contribution < -0.4 is 10.6 Å². The van der Waals surface area contributed by atoms with Crippen LogP contribution in [-0.2, 0) is 11.2 Å². The molecule has 1 aliphatic carbocycles. The minimum atomic E-state index is -0.447. The Balaban J connectivity index is 1.35. The van der Waals surface area contributed by atoms with E-state index >= 15 is 0 Å². The molecule has 6 nitrogen and oxygen atoms in total. The lowest BCUT2D eigenvalue weighted by atomic mass is 10.3. The van der Waals surface area contributed by atoms with Crippen LogP contribution >= 0.6 is 23.1 Å². The summed E-state index contributed by atoms with van der Waals surface area (Å²) in [5.74, 6) is -0.129. The van der Waals surface area contributed by atoms with E-state index in [1.54, 1.807) is 17.5 Å². The van der Waals surface area contributed by atoms with E-state index in [1.807, 2.05) is 23.7 Å². The standard InChI is InChI=1S/C15H18N4O2S2/c20-13(10-23-15-17-7-8-19(15)11-3-4-11)18-14(21)16-6-5-12-2-1-9-22-12/h1-2,7-9,11H,3-6,10H2,(H2,16,18,20,21). The van der Waals surface area contributed by atoms with E-state index in [-0.39, 0.29) is 11.7 Å². The molecule has 0 atom stereocenters. The molecule has 0 unspecified atom stereocenters. The first-order valence-corrected chi connectivity index (χ1v) is 9.34. The predicted octanol–water partition coefficient (Wildman–Crippen LogP) is 2.44. The summed E-state index contributed by atoms with van der Waals surface area (Å²) in [4.78, 5) is 28.9. The highest BCUT2D eigenvalue weighted by Gasteiger charge is 2.25. The minimum Gasteiger partial charge on any atom is -0.337 e. The van der Waals surface area contributed by atoms with Crippen molar-refractivity contribution in [3.8, 4) is 0 Å². The molecule has 3 rings (SSSR count). The van der Waals surface area contributed by atoms with Crippen molar-refractivity contribution in [3.05, 3.63) is 34.8 Å². The lowest BCUT2D eigenvalue weighted by Crippen LogP contribution is -2.41. The van der Waals surface area contributed by atoms with E-state index < -0.39 is 6.03 Å².